The maximum atomic E-state index is 11.5. The van der Waals surface area contributed by atoms with E-state index in [2.05, 4.69) is 15.6 Å². The van der Waals surface area contributed by atoms with Crippen molar-refractivity contribution in [2.24, 2.45) is 0 Å². The van der Waals surface area contributed by atoms with Crippen molar-refractivity contribution in [3.63, 3.8) is 0 Å². The van der Waals surface area contributed by atoms with E-state index in [1.54, 1.807) is 0 Å². The van der Waals surface area contributed by atoms with Crippen molar-refractivity contribution in [1.82, 2.24) is 10.3 Å². The Morgan fingerprint density at radius 3 is 2.87 bits per heavy atom. The van der Waals surface area contributed by atoms with Crippen LogP contribution < -0.4 is 10.6 Å². The number of carbonyl (C=O) groups is 2. The lowest BCUT2D eigenvalue weighted by atomic mass is 10.1. The molecule has 2 N–H and O–H groups in total. The third-order valence-electron chi connectivity index (χ3n) is 2.22. The summed E-state index contributed by atoms with van der Waals surface area (Å²) in [5, 5.41) is 6.15. The summed E-state index contributed by atoms with van der Waals surface area (Å²) in [5.74, 6) is -0.111. The van der Waals surface area contributed by atoms with Crippen molar-refractivity contribution in [3.05, 3.63) is 11.1 Å². The lowest BCUT2D eigenvalue weighted by Crippen LogP contribution is -2.50. The van der Waals surface area contributed by atoms with Crippen LogP contribution in [0.1, 0.15) is 23.0 Å². The number of aromatic nitrogens is 1. The van der Waals surface area contributed by atoms with Crippen LogP contribution in [-0.2, 0) is 4.79 Å². The number of carbonyl (C=O) groups excluding carboxylic acids is 2. The summed E-state index contributed by atoms with van der Waals surface area (Å²) < 4.78 is 0. The normalized spacial score (nSPS) is 19.4. The van der Waals surface area contributed by atoms with Gasteiger partial charge in [-0.05, 0) is 13.0 Å². The van der Waals surface area contributed by atoms with Gasteiger partial charge in [-0.3, -0.25) is 9.59 Å². The summed E-state index contributed by atoms with van der Waals surface area (Å²) in [6, 6.07) is -0.102. The van der Waals surface area contributed by atoms with Gasteiger partial charge in [0.25, 0.3) is 0 Å². The topological polar surface area (TPSA) is 71.1 Å². The highest BCUT2D eigenvalue weighted by Crippen LogP contribution is 2.19. The van der Waals surface area contributed by atoms with Crippen LogP contribution in [0.4, 0.5) is 5.13 Å². The SMILES string of the molecule is CC(=O)c1cnc(NC(=O)[C@H]2CCN2)s1. The van der Waals surface area contributed by atoms with Crippen molar-refractivity contribution in [2.75, 3.05) is 11.9 Å². The highest BCUT2D eigenvalue weighted by molar-refractivity contribution is 7.17. The molecule has 0 unspecified atom stereocenters. The molecule has 0 saturated carbocycles. The fourth-order valence-corrected chi connectivity index (χ4v) is 1.91. The minimum absolute atomic E-state index is 0.0326. The van der Waals surface area contributed by atoms with Gasteiger partial charge in [-0.1, -0.05) is 11.3 Å². The largest absolute Gasteiger partial charge is 0.306 e. The van der Waals surface area contributed by atoms with E-state index in [1.807, 2.05) is 0 Å². The van der Waals surface area contributed by atoms with Crippen LogP contribution in [0.25, 0.3) is 0 Å². The Bertz CT molecular complexity index is 398. The Hall–Kier alpha value is -1.27. The number of nitrogens with one attached hydrogen (secondary N) is 2. The van der Waals surface area contributed by atoms with E-state index in [0.717, 1.165) is 13.0 Å². The molecule has 0 radical (unpaired) electrons. The van der Waals surface area contributed by atoms with Gasteiger partial charge in [0.15, 0.2) is 10.9 Å². The van der Waals surface area contributed by atoms with Crippen molar-refractivity contribution in [1.29, 1.82) is 0 Å². The van der Waals surface area contributed by atoms with Gasteiger partial charge in [-0.25, -0.2) is 4.98 Å². The van der Waals surface area contributed by atoms with E-state index < -0.39 is 0 Å². The Morgan fingerprint density at radius 1 is 1.67 bits per heavy atom. The standard InChI is InChI=1S/C9H11N3O2S/c1-5(13)7-4-11-9(15-7)12-8(14)6-2-3-10-6/h4,6,10H,2-3H2,1H3,(H,11,12,14)/t6-/m1/s1. The van der Waals surface area contributed by atoms with Gasteiger partial charge in [0.05, 0.1) is 17.1 Å². The van der Waals surface area contributed by atoms with Crippen LogP contribution in [-0.4, -0.2) is 29.3 Å². The number of anilines is 1. The average Bonchev–Trinajstić information content (AvgIpc) is 2.48. The van der Waals surface area contributed by atoms with Crippen LogP contribution in [0.15, 0.2) is 6.20 Å². The molecule has 0 spiro atoms. The molecule has 1 aromatic heterocycles. The Morgan fingerprint density at radius 2 is 2.40 bits per heavy atom. The molecule has 0 bridgehead atoms. The van der Waals surface area contributed by atoms with Gasteiger partial charge in [0, 0.05) is 6.92 Å². The van der Waals surface area contributed by atoms with Gasteiger partial charge >= 0.3 is 0 Å². The van der Waals surface area contributed by atoms with Crippen LogP contribution in [0, 0.1) is 0 Å². The Kier molecular flexibility index (Phi) is 2.79. The predicted molar refractivity (Wildman–Crippen MR) is 57.2 cm³/mol. The van der Waals surface area contributed by atoms with Crippen molar-refractivity contribution < 1.29 is 9.59 Å². The van der Waals surface area contributed by atoms with Crippen LogP contribution >= 0.6 is 11.3 Å². The van der Waals surface area contributed by atoms with E-state index >= 15 is 0 Å². The number of Topliss-reactive ketones (excluding diaryl/α,β-unsaturated/α-hetero) is 1. The molecule has 2 heterocycles. The van der Waals surface area contributed by atoms with E-state index in [0.29, 0.717) is 10.0 Å². The van der Waals surface area contributed by atoms with Crippen molar-refractivity contribution >= 4 is 28.2 Å². The number of hydrogen-bond acceptors (Lipinski definition) is 5. The monoisotopic (exact) mass is 225 g/mol. The summed E-state index contributed by atoms with van der Waals surface area (Å²) in [6.45, 7) is 2.36. The fraction of sp³-hybridized carbons (Fsp3) is 0.444. The lowest BCUT2D eigenvalue weighted by Gasteiger charge is -2.25. The zero-order chi connectivity index (χ0) is 10.8. The molecule has 15 heavy (non-hydrogen) atoms. The van der Waals surface area contributed by atoms with Crippen LogP contribution in [0.5, 0.6) is 0 Å². The van der Waals surface area contributed by atoms with Gasteiger partial charge < -0.3 is 10.6 Å². The Labute approximate surface area is 90.9 Å². The molecule has 5 nitrogen and oxygen atoms in total. The molecule has 1 fully saturated rings. The molecule has 0 aromatic carbocycles. The number of thiazole rings is 1. The number of amides is 1. The van der Waals surface area contributed by atoms with Gasteiger partial charge in [0.2, 0.25) is 5.91 Å². The third-order valence-corrected chi connectivity index (χ3v) is 3.24. The molecule has 80 valence electrons. The fourth-order valence-electron chi connectivity index (χ4n) is 1.20. The maximum Gasteiger partial charge on any atom is 0.243 e. The molecule has 1 amide bonds. The zero-order valence-electron chi connectivity index (χ0n) is 8.24. The van der Waals surface area contributed by atoms with Crippen LogP contribution in [0.2, 0.25) is 0 Å². The number of ketones is 1. The molecule has 0 aliphatic carbocycles. The van der Waals surface area contributed by atoms with Crippen molar-refractivity contribution in [2.45, 2.75) is 19.4 Å². The first kappa shape index (κ1) is 10.3. The van der Waals surface area contributed by atoms with E-state index in [4.69, 9.17) is 0 Å². The molecule has 1 aliphatic heterocycles. The maximum absolute atomic E-state index is 11.5. The molecule has 2 rings (SSSR count). The summed E-state index contributed by atoms with van der Waals surface area (Å²) in [4.78, 5) is 27.0. The molecule has 1 atom stereocenters. The molecule has 1 aromatic rings. The lowest BCUT2D eigenvalue weighted by molar-refractivity contribution is -0.119. The van der Waals surface area contributed by atoms with Gasteiger partial charge in [-0.15, -0.1) is 0 Å². The second kappa shape index (κ2) is 4.08. The summed E-state index contributed by atoms with van der Waals surface area (Å²) in [5.41, 5.74) is 0. The Balaban J connectivity index is 1.97. The summed E-state index contributed by atoms with van der Waals surface area (Å²) >= 11 is 1.20. The minimum Gasteiger partial charge on any atom is -0.306 e. The highest BCUT2D eigenvalue weighted by atomic mass is 32.1. The predicted octanol–water partition coefficient (Wildman–Crippen LogP) is 0.646. The first-order valence-corrected chi connectivity index (χ1v) is 5.49. The minimum atomic E-state index is -0.102. The first-order valence-electron chi connectivity index (χ1n) is 4.68. The molecule has 1 aliphatic rings. The zero-order valence-corrected chi connectivity index (χ0v) is 9.06. The first-order chi connectivity index (χ1) is 7.16. The van der Waals surface area contributed by atoms with E-state index in [1.165, 1.54) is 24.5 Å². The average molecular weight is 225 g/mol. The van der Waals surface area contributed by atoms with Crippen molar-refractivity contribution in [3.8, 4) is 0 Å². The van der Waals surface area contributed by atoms with Gasteiger partial charge in [0.1, 0.15) is 0 Å². The number of nitrogens with zero attached hydrogens (tertiary/aromatic N) is 1. The summed E-state index contributed by atoms with van der Waals surface area (Å²) in [6.07, 6.45) is 2.34. The smallest absolute Gasteiger partial charge is 0.243 e. The second-order valence-corrected chi connectivity index (χ2v) is 4.40. The van der Waals surface area contributed by atoms with Gasteiger partial charge in [-0.2, -0.15) is 0 Å². The number of rotatable bonds is 3. The second-order valence-electron chi connectivity index (χ2n) is 3.37. The molecular formula is C9H11N3O2S. The summed E-state index contributed by atoms with van der Waals surface area (Å²) in [7, 11) is 0. The molecular weight excluding hydrogens is 214 g/mol. The highest BCUT2D eigenvalue weighted by Gasteiger charge is 2.25. The van der Waals surface area contributed by atoms with E-state index in [-0.39, 0.29) is 17.7 Å². The third kappa shape index (κ3) is 2.21. The quantitative estimate of drug-likeness (QED) is 0.741. The molecule has 1 saturated heterocycles. The number of hydrogen-bond donors (Lipinski definition) is 2. The van der Waals surface area contributed by atoms with Crippen LogP contribution in [0.3, 0.4) is 0 Å². The van der Waals surface area contributed by atoms with E-state index in [9.17, 15) is 9.59 Å². The molecule has 6 heteroatoms.